The molecule has 0 aromatic heterocycles. The standard InChI is InChI=1S/C24H44/c1-3-11-21(12-4-1)15-9-19-24(23-17-7-8-18-23)20-10-16-22-13-5-2-6-14-22/h21-24H,1-20H2. The third kappa shape index (κ3) is 6.38. The minimum atomic E-state index is 1.10. The molecule has 0 heteroatoms. The Morgan fingerprint density at radius 2 is 0.917 bits per heavy atom. The van der Waals surface area contributed by atoms with Gasteiger partial charge in [-0.2, -0.15) is 0 Å². The molecular weight excluding hydrogens is 288 g/mol. The average Bonchev–Trinajstić information content (AvgIpc) is 3.17. The lowest BCUT2D eigenvalue weighted by molar-refractivity contribution is 0.250. The largest absolute Gasteiger partial charge is 0.0533 e. The van der Waals surface area contributed by atoms with Crippen LogP contribution >= 0.6 is 0 Å². The molecule has 0 spiro atoms. The first-order valence-electron chi connectivity index (χ1n) is 11.9. The SMILES string of the molecule is C1CCC(CCCC(CCCC2CCCCC2)C2CCCC2)CC1. The van der Waals surface area contributed by atoms with E-state index in [0.29, 0.717) is 0 Å². The third-order valence-corrected chi connectivity index (χ3v) is 7.89. The van der Waals surface area contributed by atoms with E-state index in [2.05, 4.69) is 0 Å². The van der Waals surface area contributed by atoms with Crippen LogP contribution in [0.5, 0.6) is 0 Å². The van der Waals surface area contributed by atoms with Crippen molar-refractivity contribution in [3.05, 3.63) is 0 Å². The maximum Gasteiger partial charge on any atom is -0.0386 e. The molecule has 0 radical (unpaired) electrons. The molecule has 0 N–H and O–H groups in total. The zero-order valence-electron chi connectivity index (χ0n) is 16.5. The second-order valence-corrected chi connectivity index (χ2v) is 9.67. The summed E-state index contributed by atoms with van der Waals surface area (Å²) in [5, 5.41) is 0. The van der Waals surface area contributed by atoms with Gasteiger partial charge in [-0.15, -0.1) is 0 Å². The summed E-state index contributed by atoms with van der Waals surface area (Å²) in [6.07, 6.45) is 30.9. The topological polar surface area (TPSA) is 0 Å². The van der Waals surface area contributed by atoms with Gasteiger partial charge in [0.1, 0.15) is 0 Å². The first kappa shape index (κ1) is 18.8. The minimum absolute atomic E-state index is 1.10. The first-order valence-corrected chi connectivity index (χ1v) is 11.9. The highest BCUT2D eigenvalue weighted by Crippen LogP contribution is 2.38. The molecule has 0 amide bonds. The summed E-state index contributed by atoms with van der Waals surface area (Å²) < 4.78 is 0. The normalized spacial score (nSPS) is 24.9. The van der Waals surface area contributed by atoms with Crippen molar-refractivity contribution in [2.45, 2.75) is 128 Å². The van der Waals surface area contributed by atoms with Crippen LogP contribution in [0.2, 0.25) is 0 Å². The molecule has 0 heterocycles. The molecule has 140 valence electrons. The molecule has 0 atom stereocenters. The molecule has 24 heavy (non-hydrogen) atoms. The van der Waals surface area contributed by atoms with Crippen molar-refractivity contribution in [2.24, 2.45) is 23.7 Å². The molecule has 0 aromatic rings. The van der Waals surface area contributed by atoms with Gasteiger partial charge < -0.3 is 0 Å². The van der Waals surface area contributed by atoms with Gasteiger partial charge in [-0.1, -0.05) is 128 Å². The van der Waals surface area contributed by atoms with Crippen LogP contribution < -0.4 is 0 Å². The lowest BCUT2D eigenvalue weighted by Gasteiger charge is -2.27. The highest BCUT2D eigenvalue weighted by molar-refractivity contribution is 4.77. The molecule has 3 saturated carbocycles. The smallest absolute Gasteiger partial charge is 0.0386 e. The molecule has 3 rings (SSSR count). The predicted molar refractivity (Wildman–Crippen MR) is 106 cm³/mol. The molecule has 0 aromatic carbocycles. The van der Waals surface area contributed by atoms with Crippen molar-refractivity contribution < 1.29 is 0 Å². The summed E-state index contributed by atoms with van der Waals surface area (Å²) >= 11 is 0. The lowest BCUT2D eigenvalue weighted by Crippen LogP contribution is -2.14. The van der Waals surface area contributed by atoms with Gasteiger partial charge in [0.15, 0.2) is 0 Å². The fourth-order valence-electron chi connectivity index (χ4n) is 6.33. The Balaban J connectivity index is 1.35. The molecule has 0 nitrogen and oxygen atoms in total. The van der Waals surface area contributed by atoms with Crippen molar-refractivity contribution in [3.63, 3.8) is 0 Å². The maximum absolute atomic E-state index is 1.58. The third-order valence-electron chi connectivity index (χ3n) is 7.89. The van der Waals surface area contributed by atoms with E-state index in [1.54, 1.807) is 77.0 Å². The molecule has 0 aliphatic heterocycles. The van der Waals surface area contributed by atoms with E-state index in [-0.39, 0.29) is 0 Å². The molecule has 3 aliphatic rings. The zero-order chi connectivity index (χ0) is 16.5. The number of hydrogen-bond acceptors (Lipinski definition) is 0. The zero-order valence-corrected chi connectivity index (χ0v) is 16.5. The Labute approximate surface area is 152 Å². The van der Waals surface area contributed by atoms with E-state index in [0.717, 1.165) is 23.7 Å². The monoisotopic (exact) mass is 332 g/mol. The van der Waals surface area contributed by atoms with Crippen molar-refractivity contribution in [2.75, 3.05) is 0 Å². The van der Waals surface area contributed by atoms with Gasteiger partial charge >= 0.3 is 0 Å². The van der Waals surface area contributed by atoms with Gasteiger partial charge in [-0.25, -0.2) is 0 Å². The second kappa shape index (κ2) is 10.9. The Morgan fingerprint density at radius 1 is 0.500 bits per heavy atom. The number of hydrogen-bond donors (Lipinski definition) is 0. The van der Waals surface area contributed by atoms with Crippen LogP contribution in [0.1, 0.15) is 128 Å². The van der Waals surface area contributed by atoms with Gasteiger partial charge in [-0.05, 0) is 23.7 Å². The molecule has 3 fully saturated rings. The van der Waals surface area contributed by atoms with E-state index >= 15 is 0 Å². The number of rotatable bonds is 9. The van der Waals surface area contributed by atoms with Crippen LogP contribution in [0.4, 0.5) is 0 Å². The highest BCUT2D eigenvalue weighted by Gasteiger charge is 2.25. The molecule has 0 unspecified atom stereocenters. The van der Waals surface area contributed by atoms with E-state index < -0.39 is 0 Å². The Kier molecular flexibility index (Phi) is 8.51. The van der Waals surface area contributed by atoms with Gasteiger partial charge in [0.05, 0.1) is 0 Å². The summed E-state index contributed by atoms with van der Waals surface area (Å²) in [7, 11) is 0. The summed E-state index contributed by atoms with van der Waals surface area (Å²) in [5.74, 6) is 4.41. The van der Waals surface area contributed by atoms with E-state index in [1.807, 2.05) is 0 Å². The van der Waals surface area contributed by atoms with Crippen LogP contribution in [-0.4, -0.2) is 0 Å². The second-order valence-electron chi connectivity index (χ2n) is 9.67. The van der Waals surface area contributed by atoms with Gasteiger partial charge in [0, 0.05) is 0 Å². The summed E-state index contributed by atoms with van der Waals surface area (Å²) in [6, 6.07) is 0. The summed E-state index contributed by atoms with van der Waals surface area (Å²) in [4.78, 5) is 0. The van der Waals surface area contributed by atoms with Crippen LogP contribution in [0, 0.1) is 23.7 Å². The Bertz CT molecular complexity index is 278. The fraction of sp³-hybridized carbons (Fsp3) is 1.00. The van der Waals surface area contributed by atoms with E-state index in [4.69, 9.17) is 0 Å². The molecule has 0 saturated heterocycles. The van der Waals surface area contributed by atoms with E-state index in [1.165, 1.54) is 51.4 Å². The van der Waals surface area contributed by atoms with Crippen LogP contribution in [0.15, 0.2) is 0 Å². The lowest BCUT2D eigenvalue weighted by atomic mass is 9.79. The van der Waals surface area contributed by atoms with Gasteiger partial charge in [0.2, 0.25) is 0 Å². The van der Waals surface area contributed by atoms with Crippen molar-refractivity contribution in [1.29, 1.82) is 0 Å². The fourth-order valence-corrected chi connectivity index (χ4v) is 6.33. The molecule has 3 aliphatic carbocycles. The van der Waals surface area contributed by atoms with Gasteiger partial charge in [-0.3, -0.25) is 0 Å². The predicted octanol–water partition coefficient (Wildman–Crippen LogP) is 8.29. The molecule has 0 bridgehead atoms. The minimum Gasteiger partial charge on any atom is -0.0533 e. The van der Waals surface area contributed by atoms with Crippen molar-refractivity contribution in [3.8, 4) is 0 Å². The van der Waals surface area contributed by atoms with Gasteiger partial charge in [0.25, 0.3) is 0 Å². The summed E-state index contributed by atoms with van der Waals surface area (Å²) in [5.41, 5.74) is 0. The Morgan fingerprint density at radius 3 is 1.38 bits per heavy atom. The molecular formula is C24H44. The van der Waals surface area contributed by atoms with Crippen molar-refractivity contribution >= 4 is 0 Å². The summed E-state index contributed by atoms with van der Waals surface area (Å²) in [6.45, 7) is 0. The van der Waals surface area contributed by atoms with Crippen LogP contribution in [0.3, 0.4) is 0 Å². The quantitative estimate of drug-likeness (QED) is 0.398. The van der Waals surface area contributed by atoms with E-state index in [9.17, 15) is 0 Å². The average molecular weight is 333 g/mol. The van der Waals surface area contributed by atoms with Crippen molar-refractivity contribution in [1.82, 2.24) is 0 Å². The highest BCUT2D eigenvalue weighted by atomic mass is 14.3. The van der Waals surface area contributed by atoms with Crippen LogP contribution in [-0.2, 0) is 0 Å². The first-order chi connectivity index (χ1) is 11.9. The Hall–Kier alpha value is 0. The maximum atomic E-state index is 1.58. The van der Waals surface area contributed by atoms with Crippen LogP contribution in [0.25, 0.3) is 0 Å².